The van der Waals surface area contributed by atoms with Gasteiger partial charge in [-0.05, 0) is 37.7 Å². The SMILES string of the molecule is O=C1[C@@H]2CC=CC[C@H]2C(=O)N1CC(=O)N1CCC[C@@H]1Cc1ccccc1. The Balaban J connectivity index is 1.42. The van der Waals surface area contributed by atoms with Gasteiger partial charge in [0.2, 0.25) is 17.7 Å². The van der Waals surface area contributed by atoms with Crippen LogP contribution in [0.25, 0.3) is 0 Å². The van der Waals surface area contributed by atoms with Crippen LogP contribution < -0.4 is 0 Å². The molecule has 0 N–H and O–H groups in total. The van der Waals surface area contributed by atoms with E-state index in [4.69, 9.17) is 0 Å². The summed E-state index contributed by atoms with van der Waals surface area (Å²) < 4.78 is 0. The van der Waals surface area contributed by atoms with Crippen molar-refractivity contribution in [2.75, 3.05) is 13.1 Å². The zero-order valence-electron chi connectivity index (χ0n) is 14.8. The molecule has 3 amide bonds. The molecule has 26 heavy (non-hydrogen) atoms. The Morgan fingerprint density at radius 3 is 2.31 bits per heavy atom. The van der Waals surface area contributed by atoms with E-state index in [2.05, 4.69) is 12.1 Å². The molecule has 4 rings (SSSR count). The van der Waals surface area contributed by atoms with Crippen LogP contribution in [0.1, 0.15) is 31.2 Å². The van der Waals surface area contributed by atoms with Crippen molar-refractivity contribution in [1.29, 1.82) is 0 Å². The van der Waals surface area contributed by atoms with E-state index in [1.54, 1.807) is 0 Å². The molecule has 0 spiro atoms. The predicted octanol–water partition coefficient (Wildman–Crippen LogP) is 2.17. The Bertz CT molecular complexity index is 717. The van der Waals surface area contributed by atoms with Crippen LogP contribution in [-0.4, -0.2) is 46.7 Å². The normalized spacial score (nSPS) is 27.9. The molecule has 1 aromatic carbocycles. The third-order valence-corrected chi connectivity index (χ3v) is 5.90. The molecule has 0 bridgehead atoms. The van der Waals surface area contributed by atoms with Crippen molar-refractivity contribution in [3.05, 3.63) is 48.0 Å². The van der Waals surface area contributed by atoms with Crippen molar-refractivity contribution in [1.82, 2.24) is 9.80 Å². The van der Waals surface area contributed by atoms with Gasteiger partial charge in [-0.3, -0.25) is 19.3 Å². The molecule has 2 aliphatic heterocycles. The van der Waals surface area contributed by atoms with E-state index in [1.165, 1.54) is 10.5 Å². The van der Waals surface area contributed by atoms with Gasteiger partial charge in [0.1, 0.15) is 6.54 Å². The van der Waals surface area contributed by atoms with Crippen LogP contribution in [0.3, 0.4) is 0 Å². The van der Waals surface area contributed by atoms with Crippen LogP contribution in [0.2, 0.25) is 0 Å². The molecule has 1 aliphatic carbocycles. The smallest absolute Gasteiger partial charge is 0.243 e. The molecular formula is C21H24N2O3. The van der Waals surface area contributed by atoms with Gasteiger partial charge in [0, 0.05) is 12.6 Å². The van der Waals surface area contributed by atoms with Crippen molar-refractivity contribution < 1.29 is 14.4 Å². The summed E-state index contributed by atoms with van der Waals surface area (Å²) in [4.78, 5) is 41.1. The highest BCUT2D eigenvalue weighted by molar-refractivity contribution is 6.07. The molecule has 0 saturated carbocycles. The van der Waals surface area contributed by atoms with E-state index in [1.807, 2.05) is 35.3 Å². The maximum Gasteiger partial charge on any atom is 0.243 e. The number of rotatable bonds is 4. The molecule has 2 saturated heterocycles. The molecule has 0 radical (unpaired) electrons. The number of hydrogen-bond acceptors (Lipinski definition) is 3. The van der Waals surface area contributed by atoms with Crippen LogP contribution in [0.4, 0.5) is 0 Å². The number of carbonyl (C=O) groups is 3. The highest BCUT2D eigenvalue weighted by atomic mass is 16.2. The van der Waals surface area contributed by atoms with E-state index >= 15 is 0 Å². The number of imide groups is 1. The molecule has 1 aromatic rings. The number of carbonyl (C=O) groups excluding carboxylic acids is 3. The summed E-state index contributed by atoms with van der Waals surface area (Å²) in [5.74, 6) is -0.970. The summed E-state index contributed by atoms with van der Waals surface area (Å²) in [6, 6.07) is 10.3. The summed E-state index contributed by atoms with van der Waals surface area (Å²) >= 11 is 0. The standard InChI is InChI=1S/C21H24N2O3/c24-19(14-23-20(25)17-10-4-5-11-18(17)21(23)26)22-12-6-9-16(22)13-15-7-2-1-3-8-15/h1-5,7-8,16-18H,6,9-14H2/t16-,17-,18-/m1/s1. The zero-order valence-corrected chi connectivity index (χ0v) is 14.8. The van der Waals surface area contributed by atoms with Crippen molar-refractivity contribution in [2.45, 2.75) is 38.1 Å². The lowest BCUT2D eigenvalue weighted by Crippen LogP contribution is -2.45. The number of likely N-dealkylation sites (tertiary alicyclic amines) is 2. The van der Waals surface area contributed by atoms with Gasteiger partial charge in [-0.2, -0.15) is 0 Å². The number of nitrogens with zero attached hydrogens (tertiary/aromatic N) is 2. The number of benzene rings is 1. The molecule has 5 heteroatoms. The quantitative estimate of drug-likeness (QED) is 0.616. The lowest BCUT2D eigenvalue weighted by atomic mass is 9.85. The molecule has 3 aliphatic rings. The minimum absolute atomic E-state index is 0.100. The van der Waals surface area contributed by atoms with E-state index < -0.39 is 0 Å². The Labute approximate surface area is 153 Å². The summed E-state index contributed by atoms with van der Waals surface area (Å²) in [6.07, 6.45) is 7.92. The molecule has 0 unspecified atom stereocenters. The van der Waals surface area contributed by atoms with Gasteiger partial charge in [-0.15, -0.1) is 0 Å². The first-order valence-corrected chi connectivity index (χ1v) is 9.49. The van der Waals surface area contributed by atoms with Crippen molar-refractivity contribution in [2.24, 2.45) is 11.8 Å². The summed E-state index contributed by atoms with van der Waals surface area (Å²) in [5.41, 5.74) is 1.21. The molecule has 0 aromatic heterocycles. The predicted molar refractivity (Wildman–Crippen MR) is 97.0 cm³/mol. The molecule has 3 atom stereocenters. The lowest BCUT2D eigenvalue weighted by molar-refractivity contribution is -0.146. The second-order valence-corrected chi connectivity index (χ2v) is 7.49. The number of fused-ring (bicyclic) bond motifs is 1. The largest absolute Gasteiger partial charge is 0.338 e. The van der Waals surface area contributed by atoms with Gasteiger partial charge in [0.05, 0.1) is 11.8 Å². The molecule has 136 valence electrons. The van der Waals surface area contributed by atoms with Crippen molar-refractivity contribution in [3.63, 3.8) is 0 Å². The summed E-state index contributed by atoms with van der Waals surface area (Å²) in [5, 5.41) is 0. The summed E-state index contributed by atoms with van der Waals surface area (Å²) in [7, 11) is 0. The van der Waals surface area contributed by atoms with Crippen molar-refractivity contribution in [3.8, 4) is 0 Å². The first kappa shape index (κ1) is 17.0. The highest BCUT2D eigenvalue weighted by Gasteiger charge is 2.48. The topological polar surface area (TPSA) is 57.7 Å². The Hall–Kier alpha value is -2.43. The average molecular weight is 352 g/mol. The second kappa shape index (κ2) is 7.06. The lowest BCUT2D eigenvalue weighted by Gasteiger charge is -2.27. The van der Waals surface area contributed by atoms with E-state index in [9.17, 15) is 14.4 Å². The first-order chi connectivity index (χ1) is 12.6. The zero-order chi connectivity index (χ0) is 18.1. The fraction of sp³-hybridized carbons (Fsp3) is 0.476. The molecular weight excluding hydrogens is 328 g/mol. The molecule has 2 fully saturated rings. The Morgan fingerprint density at radius 2 is 1.65 bits per heavy atom. The number of amides is 3. The molecule has 2 heterocycles. The van der Waals surface area contributed by atoms with Crippen LogP contribution in [0.5, 0.6) is 0 Å². The second-order valence-electron chi connectivity index (χ2n) is 7.49. The average Bonchev–Trinajstić information content (AvgIpc) is 3.22. The number of allylic oxidation sites excluding steroid dienone is 2. The van der Waals surface area contributed by atoms with Crippen LogP contribution >= 0.6 is 0 Å². The Morgan fingerprint density at radius 1 is 1.00 bits per heavy atom. The van der Waals surface area contributed by atoms with Crippen LogP contribution in [0.15, 0.2) is 42.5 Å². The number of hydrogen-bond donors (Lipinski definition) is 0. The first-order valence-electron chi connectivity index (χ1n) is 9.49. The van der Waals surface area contributed by atoms with E-state index in [0.717, 1.165) is 19.3 Å². The Kier molecular flexibility index (Phi) is 4.62. The monoisotopic (exact) mass is 352 g/mol. The van der Waals surface area contributed by atoms with Crippen LogP contribution in [-0.2, 0) is 20.8 Å². The fourth-order valence-corrected chi connectivity index (χ4v) is 4.51. The van der Waals surface area contributed by atoms with Gasteiger partial charge in [-0.1, -0.05) is 42.5 Å². The highest BCUT2D eigenvalue weighted by Crippen LogP contribution is 2.35. The third kappa shape index (κ3) is 3.06. The van der Waals surface area contributed by atoms with Crippen LogP contribution in [0, 0.1) is 11.8 Å². The maximum atomic E-state index is 12.9. The van der Waals surface area contributed by atoms with Crippen molar-refractivity contribution >= 4 is 17.7 Å². The molecule has 5 nitrogen and oxygen atoms in total. The van der Waals surface area contributed by atoms with E-state index in [-0.39, 0.29) is 42.1 Å². The fourth-order valence-electron chi connectivity index (χ4n) is 4.51. The van der Waals surface area contributed by atoms with Gasteiger partial charge in [-0.25, -0.2) is 0 Å². The van der Waals surface area contributed by atoms with Gasteiger partial charge in [0.15, 0.2) is 0 Å². The minimum atomic E-state index is -0.265. The summed E-state index contributed by atoms with van der Waals surface area (Å²) in [6.45, 7) is 0.608. The van der Waals surface area contributed by atoms with E-state index in [0.29, 0.717) is 19.4 Å². The minimum Gasteiger partial charge on any atom is -0.338 e. The van der Waals surface area contributed by atoms with Gasteiger partial charge < -0.3 is 4.90 Å². The maximum absolute atomic E-state index is 12.9. The van der Waals surface area contributed by atoms with Gasteiger partial charge >= 0.3 is 0 Å². The van der Waals surface area contributed by atoms with Gasteiger partial charge in [0.25, 0.3) is 0 Å². The third-order valence-electron chi connectivity index (χ3n) is 5.90.